The Labute approximate surface area is 156 Å². The van der Waals surface area contributed by atoms with E-state index in [0.717, 1.165) is 11.4 Å². The monoisotopic (exact) mass is 372 g/mol. The van der Waals surface area contributed by atoms with Gasteiger partial charge in [-0.15, -0.1) is 10.2 Å². The summed E-state index contributed by atoms with van der Waals surface area (Å²) >= 11 is 1.28. The van der Waals surface area contributed by atoms with Crippen molar-refractivity contribution < 1.29 is 14.3 Å². The van der Waals surface area contributed by atoms with Gasteiger partial charge in [-0.25, -0.2) is 0 Å². The fourth-order valence-electron chi connectivity index (χ4n) is 2.10. The maximum Gasteiger partial charge on any atom is 0.268 e. The largest absolute Gasteiger partial charge is 0.494 e. The first-order valence-electron chi connectivity index (χ1n) is 8.26. The molecule has 7 nitrogen and oxygen atoms in total. The van der Waals surface area contributed by atoms with Gasteiger partial charge in [0.05, 0.1) is 13.2 Å². The minimum atomic E-state index is -0.546. The molecule has 0 unspecified atom stereocenters. The molecule has 0 aliphatic carbocycles. The molecule has 0 radical (unpaired) electrons. The Morgan fingerprint density at radius 2 is 2.04 bits per heavy atom. The molecule has 0 aliphatic rings. The number of amides is 1. The molecule has 0 aliphatic heterocycles. The Bertz CT molecular complexity index is 839. The summed E-state index contributed by atoms with van der Waals surface area (Å²) < 4.78 is 11.1. The molecular weight excluding hydrogens is 352 g/mol. The second-order valence-electron chi connectivity index (χ2n) is 5.04. The minimum Gasteiger partial charge on any atom is -0.494 e. The minimum absolute atomic E-state index is 0.0622. The molecule has 1 amide bonds. The number of nitriles is 1. The van der Waals surface area contributed by atoms with Crippen molar-refractivity contribution in [2.45, 2.75) is 27.2 Å². The summed E-state index contributed by atoms with van der Waals surface area (Å²) in [6.07, 6.45) is 2.21. The van der Waals surface area contributed by atoms with Crippen molar-refractivity contribution in [1.82, 2.24) is 10.2 Å². The molecule has 1 aromatic carbocycles. The van der Waals surface area contributed by atoms with Gasteiger partial charge in [0.25, 0.3) is 5.91 Å². The standard InChI is InChI=1S/C18H20N4O3S/c1-4-16-21-22-18(26-16)20-17(23)13(11-19)9-12-10-14(24-5-2)7-8-15(12)25-6-3/h7-10H,4-6H2,1-3H3,(H,20,22,23)/b13-9-. The molecule has 136 valence electrons. The highest BCUT2D eigenvalue weighted by Gasteiger charge is 2.14. The second-order valence-corrected chi connectivity index (χ2v) is 6.11. The first kappa shape index (κ1) is 19.4. The van der Waals surface area contributed by atoms with Gasteiger partial charge in [-0.3, -0.25) is 10.1 Å². The number of hydrogen-bond acceptors (Lipinski definition) is 7. The van der Waals surface area contributed by atoms with Crippen LogP contribution >= 0.6 is 11.3 Å². The van der Waals surface area contributed by atoms with Gasteiger partial charge in [-0.1, -0.05) is 18.3 Å². The van der Waals surface area contributed by atoms with Crippen LogP contribution in [0.25, 0.3) is 6.08 Å². The fraction of sp³-hybridized carbons (Fsp3) is 0.333. The maximum atomic E-state index is 12.4. The molecule has 2 aromatic rings. The number of carbonyl (C=O) groups excluding carboxylic acids is 1. The molecule has 0 saturated carbocycles. The van der Waals surface area contributed by atoms with E-state index in [-0.39, 0.29) is 5.57 Å². The topological polar surface area (TPSA) is 97.1 Å². The van der Waals surface area contributed by atoms with E-state index in [2.05, 4.69) is 15.5 Å². The molecule has 0 spiro atoms. The summed E-state index contributed by atoms with van der Waals surface area (Å²) in [5.41, 5.74) is 0.531. The molecule has 2 rings (SSSR count). The predicted molar refractivity (Wildman–Crippen MR) is 100 cm³/mol. The van der Waals surface area contributed by atoms with Crippen LogP contribution in [0, 0.1) is 11.3 Å². The van der Waals surface area contributed by atoms with Crippen LogP contribution in [-0.2, 0) is 11.2 Å². The summed E-state index contributed by atoms with van der Waals surface area (Å²) in [4.78, 5) is 12.4. The molecule has 26 heavy (non-hydrogen) atoms. The lowest BCUT2D eigenvalue weighted by molar-refractivity contribution is -0.112. The Morgan fingerprint density at radius 1 is 1.27 bits per heavy atom. The number of nitrogens with zero attached hydrogens (tertiary/aromatic N) is 3. The van der Waals surface area contributed by atoms with Crippen LogP contribution in [0.2, 0.25) is 0 Å². The van der Waals surface area contributed by atoms with Crippen molar-refractivity contribution in [2.75, 3.05) is 18.5 Å². The molecule has 1 aromatic heterocycles. The third-order valence-corrected chi connectivity index (χ3v) is 4.23. The summed E-state index contributed by atoms with van der Waals surface area (Å²) in [7, 11) is 0. The zero-order chi connectivity index (χ0) is 18.9. The number of anilines is 1. The van der Waals surface area contributed by atoms with Crippen LogP contribution in [-0.4, -0.2) is 29.3 Å². The Balaban J connectivity index is 2.29. The molecular formula is C18H20N4O3S. The number of hydrogen-bond donors (Lipinski definition) is 1. The van der Waals surface area contributed by atoms with Crippen molar-refractivity contribution >= 4 is 28.5 Å². The molecule has 0 saturated heterocycles. The quantitative estimate of drug-likeness (QED) is 0.563. The van der Waals surface area contributed by atoms with E-state index in [0.29, 0.717) is 35.4 Å². The van der Waals surface area contributed by atoms with Crippen LogP contribution in [0.4, 0.5) is 5.13 Å². The van der Waals surface area contributed by atoms with Gasteiger partial charge in [0, 0.05) is 5.56 Å². The van der Waals surface area contributed by atoms with Crippen LogP contribution in [0.1, 0.15) is 31.3 Å². The fourth-order valence-corrected chi connectivity index (χ4v) is 2.77. The van der Waals surface area contributed by atoms with E-state index in [1.54, 1.807) is 18.2 Å². The Kier molecular flexibility index (Phi) is 7.12. The highest BCUT2D eigenvalue weighted by molar-refractivity contribution is 7.15. The van der Waals surface area contributed by atoms with Gasteiger partial charge in [-0.05, 0) is 44.5 Å². The zero-order valence-electron chi connectivity index (χ0n) is 14.9. The molecule has 0 bridgehead atoms. The highest BCUT2D eigenvalue weighted by Crippen LogP contribution is 2.27. The third-order valence-electron chi connectivity index (χ3n) is 3.25. The highest BCUT2D eigenvalue weighted by atomic mass is 32.1. The molecule has 0 atom stereocenters. The number of aryl methyl sites for hydroxylation is 1. The second kappa shape index (κ2) is 9.53. The predicted octanol–water partition coefficient (Wildman–Crippen LogP) is 3.44. The van der Waals surface area contributed by atoms with Gasteiger partial charge in [0.15, 0.2) is 0 Å². The lowest BCUT2D eigenvalue weighted by atomic mass is 10.1. The van der Waals surface area contributed by atoms with Crippen LogP contribution in [0.15, 0.2) is 23.8 Å². The van der Waals surface area contributed by atoms with Gasteiger partial charge >= 0.3 is 0 Å². The van der Waals surface area contributed by atoms with Crippen molar-refractivity contribution in [3.63, 3.8) is 0 Å². The molecule has 0 fully saturated rings. The van der Waals surface area contributed by atoms with Crippen molar-refractivity contribution in [2.24, 2.45) is 0 Å². The van der Waals surface area contributed by atoms with Crippen molar-refractivity contribution in [3.05, 3.63) is 34.3 Å². The lowest BCUT2D eigenvalue weighted by Crippen LogP contribution is -2.13. The van der Waals surface area contributed by atoms with E-state index >= 15 is 0 Å². The first-order chi connectivity index (χ1) is 12.6. The van der Waals surface area contributed by atoms with Gasteiger partial charge in [0.2, 0.25) is 5.13 Å². The number of ether oxygens (including phenoxy) is 2. The van der Waals surface area contributed by atoms with E-state index in [1.165, 1.54) is 17.4 Å². The zero-order valence-corrected chi connectivity index (χ0v) is 15.7. The molecule has 1 heterocycles. The number of rotatable bonds is 8. The van der Waals surface area contributed by atoms with E-state index in [4.69, 9.17) is 9.47 Å². The maximum absolute atomic E-state index is 12.4. The van der Waals surface area contributed by atoms with E-state index in [1.807, 2.05) is 26.8 Å². The van der Waals surface area contributed by atoms with Gasteiger partial charge < -0.3 is 9.47 Å². The Morgan fingerprint density at radius 3 is 2.65 bits per heavy atom. The van der Waals surface area contributed by atoms with Gasteiger partial charge in [-0.2, -0.15) is 5.26 Å². The SMILES string of the molecule is CCOc1ccc(OCC)c(/C=C(/C#N)C(=O)Nc2nnc(CC)s2)c1. The summed E-state index contributed by atoms with van der Waals surface area (Å²) in [6.45, 7) is 6.68. The average molecular weight is 372 g/mol. The molecule has 8 heteroatoms. The smallest absolute Gasteiger partial charge is 0.268 e. The number of benzene rings is 1. The Hall–Kier alpha value is -2.92. The van der Waals surface area contributed by atoms with Crippen LogP contribution in [0.5, 0.6) is 11.5 Å². The van der Waals surface area contributed by atoms with Gasteiger partial charge in [0.1, 0.15) is 28.1 Å². The van der Waals surface area contributed by atoms with Crippen LogP contribution < -0.4 is 14.8 Å². The van der Waals surface area contributed by atoms with Crippen molar-refractivity contribution in [1.29, 1.82) is 5.26 Å². The lowest BCUT2D eigenvalue weighted by Gasteiger charge is -2.10. The van der Waals surface area contributed by atoms with E-state index in [9.17, 15) is 10.1 Å². The summed E-state index contributed by atoms with van der Waals surface area (Å²) in [6, 6.07) is 7.20. The first-order valence-corrected chi connectivity index (χ1v) is 9.08. The van der Waals surface area contributed by atoms with E-state index < -0.39 is 5.91 Å². The normalized spacial score (nSPS) is 10.9. The number of carbonyl (C=O) groups is 1. The molecule has 1 N–H and O–H groups in total. The van der Waals surface area contributed by atoms with Crippen molar-refractivity contribution in [3.8, 4) is 17.6 Å². The summed E-state index contributed by atoms with van der Waals surface area (Å²) in [5, 5.41) is 21.0. The number of aromatic nitrogens is 2. The van der Waals surface area contributed by atoms with Crippen LogP contribution in [0.3, 0.4) is 0 Å². The average Bonchev–Trinajstić information content (AvgIpc) is 3.09. The summed E-state index contributed by atoms with van der Waals surface area (Å²) in [5.74, 6) is 0.660. The number of nitrogens with one attached hydrogen (secondary N) is 1. The third kappa shape index (κ3) is 5.04.